The average Bonchev–Trinajstić information content (AvgIpc) is 2.33. The molecule has 0 aromatic carbocycles. The summed E-state index contributed by atoms with van der Waals surface area (Å²) in [5, 5.41) is 14.2. The number of amides is 2. The molecule has 0 aliphatic rings. The Kier molecular flexibility index (Phi) is 4.86. The first-order valence-corrected chi connectivity index (χ1v) is 5.98. The summed E-state index contributed by atoms with van der Waals surface area (Å²) in [4.78, 5) is 26.3. The van der Waals surface area contributed by atoms with Gasteiger partial charge in [0.1, 0.15) is 0 Å². The molecule has 0 aliphatic heterocycles. The SMILES string of the molecule is CC(C)(C)CNC(=O)NCc1cc(C(=O)O)ccn1. The molecule has 0 aliphatic carbocycles. The lowest BCUT2D eigenvalue weighted by Gasteiger charge is -2.18. The normalized spacial score (nSPS) is 10.9. The fourth-order valence-electron chi connectivity index (χ4n) is 1.29. The van der Waals surface area contributed by atoms with Crippen molar-refractivity contribution in [1.82, 2.24) is 15.6 Å². The predicted octanol–water partition coefficient (Wildman–Crippen LogP) is 1.63. The van der Waals surface area contributed by atoms with Gasteiger partial charge in [0.05, 0.1) is 17.8 Å². The van der Waals surface area contributed by atoms with Crippen LogP contribution in [0.15, 0.2) is 18.3 Å². The van der Waals surface area contributed by atoms with Crippen molar-refractivity contribution in [3.8, 4) is 0 Å². The number of nitrogens with one attached hydrogen (secondary N) is 2. The Morgan fingerprint density at radius 3 is 2.58 bits per heavy atom. The number of hydrogen-bond acceptors (Lipinski definition) is 3. The van der Waals surface area contributed by atoms with E-state index in [4.69, 9.17) is 5.11 Å². The zero-order valence-corrected chi connectivity index (χ0v) is 11.4. The predicted molar refractivity (Wildman–Crippen MR) is 70.9 cm³/mol. The van der Waals surface area contributed by atoms with Crippen LogP contribution in [0.2, 0.25) is 0 Å². The molecule has 0 bridgehead atoms. The number of aromatic nitrogens is 1. The van der Waals surface area contributed by atoms with Crippen LogP contribution in [-0.4, -0.2) is 28.6 Å². The molecule has 0 spiro atoms. The van der Waals surface area contributed by atoms with Crippen LogP contribution in [0, 0.1) is 5.41 Å². The van der Waals surface area contributed by atoms with Crippen molar-refractivity contribution in [2.45, 2.75) is 27.3 Å². The largest absolute Gasteiger partial charge is 0.478 e. The lowest BCUT2D eigenvalue weighted by Crippen LogP contribution is -2.39. The van der Waals surface area contributed by atoms with Gasteiger partial charge in [-0.1, -0.05) is 20.8 Å². The summed E-state index contributed by atoms with van der Waals surface area (Å²) in [5.74, 6) is -1.01. The van der Waals surface area contributed by atoms with E-state index in [1.54, 1.807) is 0 Å². The van der Waals surface area contributed by atoms with Gasteiger partial charge in [-0.05, 0) is 17.5 Å². The van der Waals surface area contributed by atoms with E-state index in [1.165, 1.54) is 18.3 Å². The van der Waals surface area contributed by atoms with Crippen molar-refractivity contribution >= 4 is 12.0 Å². The second-order valence-corrected chi connectivity index (χ2v) is 5.44. The highest BCUT2D eigenvalue weighted by Gasteiger charge is 2.11. The molecule has 1 heterocycles. The molecule has 104 valence electrons. The summed E-state index contributed by atoms with van der Waals surface area (Å²) in [6, 6.07) is 2.55. The Balaban J connectivity index is 2.46. The van der Waals surface area contributed by atoms with Crippen molar-refractivity contribution in [3.05, 3.63) is 29.6 Å². The summed E-state index contributed by atoms with van der Waals surface area (Å²) < 4.78 is 0. The van der Waals surface area contributed by atoms with Crippen LogP contribution in [-0.2, 0) is 6.54 Å². The van der Waals surface area contributed by atoms with Crippen molar-refractivity contribution in [2.24, 2.45) is 5.41 Å². The van der Waals surface area contributed by atoms with Crippen molar-refractivity contribution in [1.29, 1.82) is 0 Å². The molecule has 1 aromatic rings. The summed E-state index contributed by atoms with van der Waals surface area (Å²) in [6.07, 6.45) is 1.41. The minimum absolute atomic E-state index is 0.0127. The molecule has 6 nitrogen and oxygen atoms in total. The minimum atomic E-state index is -1.01. The third-order valence-electron chi connectivity index (χ3n) is 2.27. The van der Waals surface area contributed by atoms with Gasteiger partial charge >= 0.3 is 12.0 Å². The molecule has 0 saturated carbocycles. The number of carboxylic acids is 1. The maximum atomic E-state index is 11.5. The van der Waals surface area contributed by atoms with E-state index >= 15 is 0 Å². The van der Waals surface area contributed by atoms with Gasteiger partial charge in [-0.3, -0.25) is 4.98 Å². The number of carboxylic acid groups (broad SMARTS) is 1. The number of nitrogens with zero attached hydrogens (tertiary/aromatic N) is 1. The van der Waals surface area contributed by atoms with Gasteiger partial charge in [-0.15, -0.1) is 0 Å². The number of aromatic carboxylic acids is 1. The highest BCUT2D eigenvalue weighted by atomic mass is 16.4. The van der Waals surface area contributed by atoms with Crippen molar-refractivity contribution in [3.63, 3.8) is 0 Å². The van der Waals surface area contributed by atoms with Gasteiger partial charge in [-0.2, -0.15) is 0 Å². The topological polar surface area (TPSA) is 91.3 Å². The second-order valence-electron chi connectivity index (χ2n) is 5.44. The summed E-state index contributed by atoms with van der Waals surface area (Å²) in [6.45, 7) is 6.81. The molecule has 6 heteroatoms. The summed E-state index contributed by atoms with van der Waals surface area (Å²) >= 11 is 0. The van der Waals surface area contributed by atoms with Gasteiger partial charge < -0.3 is 15.7 Å². The lowest BCUT2D eigenvalue weighted by atomic mass is 9.97. The Labute approximate surface area is 112 Å². The third kappa shape index (κ3) is 5.85. The highest BCUT2D eigenvalue weighted by Crippen LogP contribution is 2.09. The molecule has 3 N–H and O–H groups in total. The molecular weight excluding hydrogens is 246 g/mol. The number of pyridine rings is 1. The second kappa shape index (κ2) is 6.17. The van der Waals surface area contributed by atoms with Gasteiger partial charge in [0, 0.05) is 12.7 Å². The van der Waals surface area contributed by atoms with E-state index in [0.29, 0.717) is 12.2 Å². The van der Waals surface area contributed by atoms with Crippen LogP contribution in [0.25, 0.3) is 0 Å². The lowest BCUT2D eigenvalue weighted by molar-refractivity contribution is 0.0696. The zero-order chi connectivity index (χ0) is 14.5. The van der Waals surface area contributed by atoms with Gasteiger partial charge in [0.2, 0.25) is 0 Å². The first-order valence-electron chi connectivity index (χ1n) is 5.98. The Bertz CT molecular complexity index is 466. The number of carbonyl (C=O) groups excluding carboxylic acids is 1. The quantitative estimate of drug-likeness (QED) is 0.771. The number of carbonyl (C=O) groups is 2. The first-order chi connectivity index (χ1) is 8.78. The van der Waals surface area contributed by atoms with Crippen LogP contribution in [0.4, 0.5) is 4.79 Å². The molecule has 0 radical (unpaired) electrons. The van der Waals surface area contributed by atoms with E-state index in [9.17, 15) is 9.59 Å². The van der Waals surface area contributed by atoms with Crippen molar-refractivity contribution in [2.75, 3.05) is 6.54 Å². The first kappa shape index (κ1) is 14.9. The molecule has 1 rings (SSSR count). The Morgan fingerprint density at radius 2 is 2.00 bits per heavy atom. The van der Waals surface area contributed by atoms with Crippen LogP contribution < -0.4 is 10.6 Å². The molecule has 0 fully saturated rings. The van der Waals surface area contributed by atoms with E-state index in [-0.39, 0.29) is 23.6 Å². The zero-order valence-electron chi connectivity index (χ0n) is 11.4. The number of urea groups is 1. The maximum absolute atomic E-state index is 11.5. The molecule has 0 saturated heterocycles. The smallest absolute Gasteiger partial charge is 0.335 e. The van der Waals surface area contributed by atoms with Crippen LogP contribution >= 0.6 is 0 Å². The molecule has 19 heavy (non-hydrogen) atoms. The standard InChI is InChI=1S/C13H19N3O3/c1-13(2,3)8-16-12(19)15-7-10-6-9(11(17)18)4-5-14-10/h4-6H,7-8H2,1-3H3,(H,17,18)(H2,15,16,19). The van der Waals surface area contributed by atoms with Gasteiger partial charge in [0.15, 0.2) is 0 Å². The Morgan fingerprint density at radius 1 is 1.32 bits per heavy atom. The summed E-state index contributed by atoms with van der Waals surface area (Å²) in [5.41, 5.74) is 0.673. The monoisotopic (exact) mass is 265 g/mol. The van der Waals surface area contributed by atoms with E-state index < -0.39 is 5.97 Å². The number of hydrogen-bond donors (Lipinski definition) is 3. The van der Waals surface area contributed by atoms with E-state index in [1.807, 2.05) is 20.8 Å². The maximum Gasteiger partial charge on any atom is 0.335 e. The number of rotatable bonds is 4. The molecule has 0 atom stereocenters. The molecular formula is C13H19N3O3. The van der Waals surface area contributed by atoms with E-state index in [0.717, 1.165) is 0 Å². The third-order valence-corrected chi connectivity index (χ3v) is 2.27. The fourth-order valence-corrected chi connectivity index (χ4v) is 1.29. The van der Waals surface area contributed by atoms with Gasteiger partial charge in [-0.25, -0.2) is 9.59 Å². The van der Waals surface area contributed by atoms with Crippen LogP contribution in [0.1, 0.15) is 36.8 Å². The highest BCUT2D eigenvalue weighted by molar-refractivity contribution is 5.87. The fraction of sp³-hybridized carbons (Fsp3) is 0.462. The van der Waals surface area contributed by atoms with Crippen molar-refractivity contribution < 1.29 is 14.7 Å². The van der Waals surface area contributed by atoms with E-state index in [2.05, 4.69) is 15.6 Å². The molecule has 2 amide bonds. The Hall–Kier alpha value is -2.11. The average molecular weight is 265 g/mol. The van der Waals surface area contributed by atoms with Crippen LogP contribution in [0.3, 0.4) is 0 Å². The van der Waals surface area contributed by atoms with Gasteiger partial charge in [0.25, 0.3) is 0 Å². The molecule has 0 unspecified atom stereocenters. The van der Waals surface area contributed by atoms with Crippen LogP contribution in [0.5, 0.6) is 0 Å². The summed E-state index contributed by atoms with van der Waals surface area (Å²) in [7, 11) is 0. The minimum Gasteiger partial charge on any atom is -0.478 e. The molecule has 1 aromatic heterocycles.